The molecular weight excluding hydrogens is 342 g/mol. The summed E-state index contributed by atoms with van der Waals surface area (Å²) in [6, 6.07) is 7.47. The van der Waals surface area contributed by atoms with Crippen LogP contribution in [0.15, 0.2) is 12.1 Å². The van der Waals surface area contributed by atoms with E-state index in [0.717, 1.165) is 24.8 Å². The number of halogens is 2. The first-order valence-electron chi connectivity index (χ1n) is 11.0. The molecular formula is C23H38F2Si. The molecule has 0 radical (unpaired) electrons. The molecule has 3 heteroatoms. The SMILES string of the molecule is CCCCCCC[SiH]1CCC(c2cc(F)c(C[C@@H](C)CC)c(F)c2)CC1. The van der Waals surface area contributed by atoms with Gasteiger partial charge in [-0.2, -0.15) is 0 Å². The number of unbranched alkanes of at least 4 members (excludes halogenated alkanes) is 4. The third kappa shape index (κ3) is 6.47. The lowest BCUT2D eigenvalue weighted by Gasteiger charge is -2.28. The highest BCUT2D eigenvalue weighted by atomic mass is 28.3. The van der Waals surface area contributed by atoms with E-state index in [1.165, 1.54) is 50.2 Å². The summed E-state index contributed by atoms with van der Waals surface area (Å²) in [6.45, 7) is 6.39. The Hall–Kier alpha value is -0.703. The van der Waals surface area contributed by atoms with Gasteiger partial charge in [-0.1, -0.05) is 77.4 Å². The van der Waals surface area contributed by atoms with Gasteiger partial charge in [-0.3, -0.25) is 0 Å². The zero-order valence-electron chi connectivity index (χ0n) is 17.1. The molecule has 2 rings (SSSR count). The van der Waals surface area contributed by atoms with Crippen LogP contribution in [0.1, 0.15) is 89.2 Å². The Bertz CT molecular complexity index is 512. The third-order valence-corrected chi connectivity index (χ3v) is 9.97. The fourth-order valence-corrected chi connectivity index (χ4v) is 7.85. The zero-order chi connectivity index (χ0) is 18.9. The molecule has 0 nitrogen and oxygen atoms in total. The second-order valence-corrected chi connectivity index (χ2v) is 12.1. The standard InChI is InChI=1S/C23H38F2Si/c1-4-6-7-8-9-12-26-13-10-19(11-14-26)20-16-22(24)21(23(25)17-20)15-18(3)5-2/h16-19,26H,4-15H2,1-3H3/t18-,19?,26?/m0/s1. The topological polar surface area (TPSA) is 0 Å². The van der Waals surface area contributed by atoms with Crippen molar-refractivity contribution in [1.29, 1.82) is 0 Å². The second-order valence-electron chi connectivity index (χ2n) is 8.60. The highest BCUT2D eigenvalue weighted by Gasteiger charge is 2.25. The van der Waals surface area contributed by atoms with E-state index in [2.05, 4.69) is 20.8 Å². The fourth-order valence-electron chi connectivity index (χ4n) is 4.37. The molecule has 26 heavy (non-hydrogen) atoms. The molecule has 1 atom stereocenters. The van der Waals surface area contributed by atoms with Crippen molar-refractivity contribution in [2.24, 2.45) is 5.92 Å². The number of hydrogen-bond acceptors (Lipinski definition) is 0. The monoisotopic (exact) mass is 380 g/mol. The molecule has 1 heterocycles. The second kappa shape index (κ2) is 11.2. The first-order valence-corrected chi connectivity index (χ1v) is 13.5. The summed E-state index contributed by atoms with van der Waals surface area (Å²) in [5.41, 5.74) is 1.20. The van der Waals surface area contributed by atoms with Crippen LogP contribution in [-0.2, 0) is 6.42 Å². The molecule has 1 aromatic rings. The van der Waals surface area contributed by atoms with Gasteiger partial charge >= 0.3 is 0 Å². The van der Waals surface area contributed by atoms with E-state index in [1.54, 1.807) is 12.1 Å². The average molecular weight is 381 g/mol. The molecule has 0 aliphatic carbocycles. The third-order valence-electron chi connectivity index (χ3n) is 6.45. The van der Waals surface area contributed by atoms with E-state index in [1.807, 2.05) is 0 Å². The van der Waals surface area contributed by atoms with Crippen molar-refractivity contribution in [2.75, 3.05) is 0 Å². The molecule has 0 aromatic heterocycles. The minimum absolute atomic E-state index is 0.290. The zero-order valence-corrected chi connectivity index (χ0v) is 18.3. The fraction of sp³-hybridized carbons (Fsp3) is 0.739. The van der Waals surface area contributed by atoms with Crippen molar-refractivity contribution in [3.05, 3.63) is 34.9 Å². The summed E-state index contributed by atoms with van der Waals surface area (Å²) in [6.07, 6.45) is 10.6. The summed E-state index contributed by atoms with van der Waals surface area (Å²) >= 11 is 0. The van der Waals surface area contributed by atoms with Crippen LogP contribution in [0.4, 0.5) is 8.78 Å². The van der Waals surface area contributed by atoms with Crippen LogP contribution in [-0.4, -0.2) is 8.80 Å². The molecule has 1 aromatic carbocycles. The Balaban J connectivity index is 1.85. The first kappa shape index (κ1) is 21.6. The Morgan fingerprint density at radius 1 is 1.00 bits per heavy atom. The number of rotatable bonds is 10. The van der Waals surface area contributed by atoms with Gasteiger partial charge in [0.05, 0.1) is 0 Å². The lowest BCUT2D eigenvalue weighted by Crippen LogP contribution is -2.20. The van der Waals surface area contributed by atoms with Crippen LogP contribution < -0.4 is 0 Å². The molecule has 1 saturated heterocycles. The van der Waals surface area contributed by atoms with E-state index in [4.69, 9.17) is 0 Å². The van der Waals surface area contributed by atoms with Crippen LogP contribution >= 0.6 is 0 Å². The predicted octanol–water partition coefficient (Wildman–Crippen LogP) is 7.63. The molecule has 1 aliphatic heterocycles. The summed E-state index contributed by atoms with van der Waals surface area (Å²) < 4.78 is 29.0. The molecule has 1 fully saturated rings. The van der Waals surface area contributed by atoms with E-state index < -0.39 is 8.80 Å². The van der Waals surface area contributed by atoms with E-state index in [-0.39, 0.29) is 11.6 Å². The number of benzene rings is 1. The summed E-state index contributed by atoms with van der Waals surface area (Å²) in [5.74, 6) is 0.0512. The maximum absolute atomic E-state index is 14.5. The molecule has 0 N–H and O–H groups in total. The van der Waals surface area contributed by atoms with Crippen molar-refractivity contribution in [3.8, 4) is 0 Å². The summed E-state index contributed by atoms with van der Waals surface area (Å²) in [5, 5.41) is 0. The Morgan fingerprint density at radius 3 is 2.19 bits per heavy atom. The Kier molecular flexibility index (Phi) is 9.31. The molecule has 0 spiro atoms. The average Bonchev–Trinajstić information content (AvgIpc) is 2.64. The normalized spacial score (nSPS) is 21.7. The van der Waals surface area contributed by atoms with Crippen LogP contribution in [0, 0.1) is 17.6 Å². The predicted molar refractivity (Wildman–Crippen MR) is 112 cm³/mol. The smallest absolute Gasteiger partial charge is 0.129 e. The highest BCUT2D eigenvalue weighted by Crippen LogP contribution is 2.36. The van der Waals surface area contributed by atoms with Gasteiger partial charge in [-0.05, 0) is 48.8 Å². The minimum Gasteiger partial charge on any atom is -0.207 e. The lowest BCUT2D eigenvalue weighted by atomic mass is 9.90. The quantitative estimate of drug-likeness (QED) is 0.289. The molecule has 0 amide bonds. The maximum atomic E-state index is 14.5. The molecule has 0 bridgehead atoms. The minimum atomic E-state index is -0.586. The summed E-state index contributed by atoms with van der Waals surface area (Å²) in [7, 11) is -0.586. The van der Waals surface area contributed by atoms with Crippen LogP contribution in [0.5, 0.6) is 0 Å². The van der Waals surface area contributed by atoms with Crippen molar-refractivity contribution in [3.63, 3.8) is 0 Å². The van der Waals surface area contributed by atoms with E-state index in [0.29, 0.717) is 23.8 Å². The van der Waals surface area contributed by atoms with Crippen molar-refractivity contribution >= 4 is 8.80 Å². The molecule has 0 saturated carbocycles. The van der Waals surface area contributed by atoms with Gasteiger partial charge < -0.3 is 0 Å². The van der Waals surface area contributed by atoms with Gasteiger partial charge in [0.15, 0.2) is 0 Å². The van der Waals surface area contributed by atoms with E-state index >= 15 is 0 Å². The van der Waals surface area contributed by atoms with Crippen molar-refractivity contribution < 1.29 is 8.78 Å². The van der Waals surface area contributed by atoms with E-state index in [9.17, 15) is 8.78 Å². The molecule has 0 unspecified atom stereocenters. The van der Waals surface area contributed by atoms with Gasteiger partial charge in [0.25, 0.3) is 0 Å². The highest BCUT2D eigenvalue weighted by molar-refractivity contribution is 6.59. The van der Waals surface area contributed by atoms with Crippen molar-refractivity contribution in [1.82, 2.24) is 0 Å². The Morgan fingerprint density at radius 2 is 1.62 bits per heavy atom. The number of hydrogen-bond donors (Lipinski definition) is 0. The largest absolute Gasteiger partial charge is 0.207 e. The van der Waals surface area contributed by atoms with Gasteiger partial charge in [0, 0.05) is 14.4 Å². The molecule has 148 valence electrons. The van der Waals surface area contributed by atoms with Gasteiger partial charge in [-0.25, -0.2) is 8.78 Å². The van der Waals surface area contributed by atoms with Gasteiger partial charge in [-0.15, -0.1) is 0 Å². The maximum Gasteiger partial charge on any atom is 0.129 e. The van der Waals surface area contributed by atoms with Crippen molar-refractivity contribution in [2.45, 2.75) is 103 Å². The Labute approximate surface area is 161 Å². The van der Waals surface area contributed by atoms with Gasteiger partial charge in [0.2, 0.25) is 0 Å². The lowest BCUT2D eigenvalue weighted by molar-refractivity contribution is 0.492. The molecule has 1 aliphatic rings. The van der Waals surface area contributed by atoms with Gasteiger partial charge in [0.1, 0.15) is 11.6 Å². The van der Waals surface area contributed by atoms with Crippen LogP contribution in [0.2, 0.25) is 18.1 Å². The van der Waals surface area contributed by atoms with Crippen LogP contribution in [0.3, 0.4) is 0 Å². The summed E-state index contributed by atoms with van der Waals surface area (Å²) in [4.78, 5) is 0. The first-order chi connectivity index (χ1) is 12.5. The van der Waals surface area contributed by atoms with Crippen LogP contribution in [0.25, 0.3) is 0 Å².